The number of carbonyl (C=O) groups is 1. The summed E-state index contributed by atoms with van der Waals surface area (Å²) in [7, 11) is 0. The van der Waals surface area contributed by atoms with Crippen molar-refractivity contribution in [2.45, 2.75) is 39.5 Å². The summed E-state index contributed by atoms with van der Waals surface area (Å²) in [5, 5.41) is 4.80. The van der Waals surface area contributed by atoms with Gasteiger partial charge in [0.15, 0.2) is 0 Å². The molecule has 0 saturated carbocycles. The Balaban J connectivity index is 1.90. The Morgan fingerprint density at radius 1 is 0.963 bits per heavy atom. The molecule has 0 bridgehead atoms. The number of Topliss-reactive ketones (excluding diaryl/α,β-unsaturated/α-hetero) is 1. The number of nitrogens with zero attached hydrogens (tertiary/aromatic N) is 2. The molecule has 1 heterocycles. The summed E-state index contributed by atoms with van der Waals surface area (Å²) in [5.41, 5.74) is 12.1. The number of benzene rings is 2. The summed E-state index contributed by atoms with van der Waals surface area (Å²) in [4.78, 5) is 12.0. The number of carbonyl (C=O) groups excluding carboxylic acids is 1. The van der Waals surface area contributed by atoms with Gasteiger partial charge < -0.3 is 5.73 Å². The Kier molecular flexibility index (Phi) is 6.20. The molecule has 0 aliphatic heterocycles. The minimum Gasteiger partial charge on any atom is -0.330 e. The maximum absolute atomic E-state index is 12.0. The van der Waals surface area contributed by atoms with Gasteiger partial charge in [-0.3, -0.25) is 4.79 Å². The third-order valence-electron chi connectivity index (χ3n) is 4.71. The number of ketones is 1. The van der Waals surface area contributed by atoms with Crippen molar-refractivity contribution in [1.29, 1.82) is 0 Å². The summed E-state index contributed by atoms with van der Waals surface area (Å²) in [6.07, 6.45) is 2.48. The second-order valence-corrected chi connectivity index (χ2v) is 7.07. The monoisotopic (exact) mass is 361 g/mol. The van der Waals surface area contributed by atoms with Crippen LogP contribution in [0.5, 0.6) is 0 Å². The molecule has 140 valence electrons. The van der Waals surface area contributed by atoms with Gasteiger partial charge in [0, 0.05) is 18.4 Å². The van der Waals surface area contributed by atoms with Gasteiger partial charge in [-0.2, -0.15) is 5.10 Å². The Morgan fingerprint density at radius 3 is 2.22 bits per heavy atom. The lowest BCUT2D eigenvalue weighted by atomic mass is 10.1. The first-order valence-electron chi connectivity index (χ1n) is 9.51. The Bertz CT molecular complexity index is 829. The molecular formula is C23H27N3O. The molecule has 3 rings (SSSR count). The fourth-order valence-electron chi connectivity index (χ4n) is 3.06. The van der Waals surface area contributed by atoms with Crippen LogP contribution in [0.4, 0.5) is 0 Å². The van der Waals surface area contributed by atoms with Crippen LogP contribution in [0.1, 0.15) is 36.1 Å². The van der Waals surface area contributed by atoms with E-state index in [1.165, 1.54) is 11.1 Å². The van der Waals surface area contributed by atoms with Gasteiger partial charge in [0.05, 0.1) is 17.1 Å². The van der Waals surface area contributed by atoms with Crippen molar-refractivity contribution in [1.82, 2.24) is 9.78 Å². The average molecular weight is 361 g/mol. The Labute approximate surface area is 161 Å². The number of aromatic nitrogens is 2. The maximum atomic E-state index is 12.0. The molecule has 0 fully saturated rings. The van der Waals surface area contributed by atoms with Crippen LogP contribution in [0, 0.1) is 13.8 Å². The Morgan fingerprint density at radius 2 is 1.59 bits per heavy atom. The number of nitrogens with two attached hydrogens (primary N) is 1. The van der Waals surface area contributed by atoms with Gasteiger partial charge in [0.2, 0.25) is 0 Å². The van der Waals surface area contributed by atoms with Crippen molar-refractivity contribution in [2.24, 2.45) is 5.73 Å². The molecule has 0 unspecified atom stereocenters. The molecular weight excluding hydrogens is 334 g/mol. The van der Waals surface area contributed by atoms with Crippen LogP contribution in [-0.2, 0) is 11.2 Å². The largest absolute Gasteiger partial charge is 0.330 e. The van der Waals surface area contributed by atoms with E-state index in [4.69, 9.17) is 10.8 Å². The first-order chi connectivity index (χ1) is 13.1. The summed E-state index contributed by atoms with van der Waals surface area (Å²) in [6, 6.07) is 18.9. The van der Waals surface area contributed by atoms with E-state index in [0.29, 0.717) is 25.8 Å². The van der Waals surface area contributed by atoms with Gasteiger partial charge in [-0.1, -0.05) is 47.5 Å². The summed E-state index contributed by atoms with van der Waals surface area (Å²) < 4.78 is 1.98. The quantitative estimate of drug-likeness (QED) is 0.647. The van der Waals surface area contributed by atoms with Gasteiger partial charge in [0.1, 0.15) is 5.78 Å². The molecule has 0 aliphatic carbocycles. The van der Waals surface area contributed by atoms with Crippen LogP contribution in [-0.4, -0.2) is 22.1 Å². The molecule has 27 heavy (non-hydrogen) atoms. The zero-order valence-corrected chi connectivity index (χ0v) is 16.1. The lowest BCUT2D eigenvalue weighted by Gasteiger charge is -2.08. The summed E-state index contributed by atoms with van der Waals surface area (Å²) in [5.74, 6) is 0.252. The van der Waals surface area contributed by atoms with Crippen LogP contribution in [0.2, 0.25) is 0 Å². The molecule has 0 aliphatic rings. The normalized spacial score (nSPS) is 10.9. The van der Waals surface area contributed by atoms with E-state index in [0.717, 1.165) is 29.1 Å². The van der Waals surface area contributed by atoms with Crippen molar-refractivity contribution in [3.8, 4) is 16.9 Å². The minimum absolute atomic E-state index is 0.252. The Hall–Kier alpha value is -2.72. The number of rotatable bonds is 8. The molecule has 0 saturated heterocycles. The lowest BCUT2D eigenvalue weighted by molar-refractivity contribution is -0.119. The standard InChI is InChI=1S/C23H27N3O/c1-17-5-9-19(10-6-17)23-16-20(11-14-22(27)4-3-15-24)25-26(23)21-12-7-18(2)8-13-21/h5-10,12-13,16H,3-4,11,14-15,24H2,1-2H3. The van der Waals surface area contributed by atoms with Gasteiger partial charge in [-0.15, -0.1) is 0 Å². The minimum atomic E-state index is 0.252. The summed E-state index contributed by atoms with van der Waals surface area (Å²) >= 11 is 0. The predicted octanol–water partition coefficient (Wildman–Crippen LogP) is 4.40. The third kappa shape index (κ3) is 4.92. The highest BCUT2D eigenvalue weighted by atomic mass is 16.1. The van der Waals surface area contributed by atoms with Gasteiger partial charge in [0.25, 0.3) is 0 Å². The summed E-state index contributed by atoms with van der Waals surface area (Å²) in [6.45, 7) is 4.72. The zero-order valence-electron chi connectivity index (χ0n) is 16.1. The average Bonchev–Trinajstić information content (AvgIpc) is 3.10. The van der Waals surface area contributed by atoms with E-state index in [2.05, 4.69) is 68.4 Å². The fraction of sp³-hybridized carbons (Fsp3) is 0.304. The van der Waals surface area contributed by atoms with Crippen LogP contribution in [0.25, 0.3) is 16.9 Å². The second kappa shape index (κ2) is 8.78. The van der Waals surface area contributed by atoms with Crippen molar-refractivity contribution in [3.63, 3.8) is 0 Å². The van der Waals surface area contributed by atoms with Crippen LogP contribution >= 0.6 is 0 Å². The highest BCUT2D eigenvalue weighted by Gasteiger charge is 2.13. The topological polar surface area (TPSA) is 60.9 Å². The van der Waals surface area contributed by atoms with Crippen LogP contribution in [0.3, 0.4) is 0 Å². The third-order valence-corrected chi connectivity index (χ3v) is 4.71. The van der Waals surface area contributed by atoms with E-state index in [9.17, 15) is 4.79 Å². The molecule has 4 heteroatoms. The molecule has 0 amide bonds. The number of hydrogen-bond acceptors (Lipinski definition) is 3. The smallest absolute Gasteiger partial charge is 0.133 e. The van der Waals surface area contributed by atoms with E-state index >= 15 is 0 Å². The number of hydrogen-bond donors (Lipinski definition) is 1. The van der Waals surface area contributed by atoms with E-state index in [1.54, 1.807) is 0 Å². The lowest BCUT2D eigenvalue weighted by Crippen LogP contribution is -2.06. The van der Waals surface area contributed by atoms with Crippen molar-refractivity contribution in [3.05, 3.63) is 71.4 Å². The van der Waals surface area contributed by atoms with Gasteiger partial charge in [-0.05, 0) is 51.4 Å². The van der Waals surface area contributed by atoms with E-state index in [1.807, 2.05) is 4.68 Å². The molecule has 0 radical (unpaired) electrons. The van der Waals surface area contributed by atoms with Crippen molar-refractivity contribution < 1.29 is 4.79 Å². The second-order valence-electron chi connectivity index (χ2n) is 7.07. The molecule has 1 aromatic heterocycles. The molecule has 4 nitrogen and oxygen atoms in total. The van der Waals surface area contributed by atoms with Crippen LogP contribution < -0.4 is 5.73 Å². The van der Waals surface area contributed by atoms with Gasteiger partial charge >= 0.3 is 0 Å². The van der Waals surface area contributed by atoms with Crippen LogP contribution in [0.15, 0.2) is 54.6 Å². The molecule has 0 spiro atoms. The molecule has 0 atom stereocenters. The first kappa shape index (κ1) is 19.1. The highest BCUT2D eigenvalue weighted by Crippen LogP contribution is 2.25. The molecule has 3 aromatic rings. The predicted molar refractivity (Wildman–Crippen MR) is 110 cm³/mol. The van der Waals surface area contributed by atoms with E-state index in [-0.39, 0.29) is 5.78 Å². The molecule has 2 aromatic carbocycles. The van der Waals surface area contributed by atoms with Gasteiger partial charge in [-0.25, -0.2) is 4.68 Å². The van der Waals surface area contributed by atoms with Crippen molar-refractivity contribution >= 4 is 5.78 Å². The SMILES string of the molecule is Cc1ccc(-c2cc(CCC(=O)CCCN)nn2-c2ccc(C)cc2)cc1. The maximum Gasteiger partial charge on any atom is 0.133 e. The fourth-order valence-corrected chi connectivity index (χ4v) is 3.06. The number of aryl methyl sites for hydroxylation is 3. The first-order valence-corrected chi connectivity index (χ1v) is 9.51. The zero-order chi connectivity index (χ0) is 19.2. The molecule has 2 N–H and O–H groups in total. The van der Waals surface area contributed by atoms with Crippen molar-refractivity contribution in [2.75, 3.05) is 6.54 Å². The van der Waals surface area contributed by atoms with E-state index < -0.39 is 0 Å². The highest BCUT2D eigenvalue weighted by molar-refractivity contribution is 5.78.